The number of benzene rings is 1. The second-order valence-electron chi connectivity index (χ2n) is 2.83. The number of aromatic hydroxyl groups is 2. The molecule has 72 valence electrons. The number of phenolic OH excluding ortho intramolecular Hbond substituents is 2. The van der Waals surface area contributed by atoms with Crippen molar-refractivity contribution in [2.24, 2.45) is 5.73 Å². The zero-order valence-electron chi connectivity index (χ0n) is 7.13. The monoisotopic (exact) mass is 245 g/mol. The summed E-state index contributed by atoms with van der Waals surface area (Å²) in [4.78, 5) is 0. The molecule has 0 unspecified atom stereocenters. The normalized spacial score (nSPS) is 10.3. The molecule has 4 N–H and O–H groups in total. The Morgan fingerprint density at radius 2 is 2.00 bits per heavy atom. The van der Waals surface area contributed by atoms with Crippen molar-refractivity contribution in [2.75, 3.05) is 6.54 Å². The molecule has 0 aliphatic heterocycles. The third-order valence-corrected chi connectivity index (χ3v) is 2.38. The van der Waals surface area contributed by atoms with Gasteiger partial charge in [-0.15, -0.1) is 0 Å². The highest BCUT2D eigenvalue weighted by molar-refractivity contribution is 9.10. The van der Waals surface area contributed by atoms with E-state index in [4.69, 9.17) is 5.73 Å². The first-order valence-corrected chi connectivity index (χ1v) is 4.85. The second-order valence-corrected chi connectivity index (χ2v) is 3.68. The Balaban J connectivity index is 2.92. The zero-order valence-corrected chi connectivity index (χ0v) is 8.71. The lowest BCUT2D eigenvalue weighted by molar-refractivity contribution is 0.450. The molecule has 0 saturated carbocycles. The zero-order chi connectivity index (χ0) is 9.84. The van der Waals surface area contributed by atoms with Crippen LogP contribution in [-0.2, 0) is 6.42 Å². The van der Waals surface area contributed by atoms with E-state index in [1.54, 1.807) is 6.07 Å². The maximum atomic E-state index is 9.55. The molecule has 0 aliphatic carbocycles. The smallest absolute Gasteiger partial charge is 0.133 e. The molecule has 13 heavy (non-hydrogen) atoms. The van der Waals surface area contributed by atoms with Gasteiger partial charge in [0, 0.05) is 0 Å². The largest absolute Gasteiger partial charge is 0.508 e. The lowest BCUT2D eigenvalue weighted by Gasteiger charge is -2.06. The van der Waals surface area contributed by atoms with Crippen LogP contribution in [-0.4, -0.2) is 16.8 Å². The number of hydrogen-bond donors (Lipinski definition) is 3. The van der Waals surface area contributed by atoms with Crippen molar-refractivity contribution in [1.82, 2.24) is 0 Å². The molecule has 1 rings (SSSR count). The van der Waals surface area contributed by atoms with E-state index in [1.807, 2.05) is 0 Å². The molecular formula is C9H12BrNO2. The standard InChI is InChI=1S/C9H12BrNO2/c10-8-5-7(12)4-6(9(8)13)2-1-3-11/h4-5,12-13H,1-3,11H2. The van der Waals surface area contributed by atoms with Crippen LogP contribution in [0.1, 0.15) is 12.0 Å². The third kappa shape index (κ3) is 2.60. The molecule has 0 spiro atoms. The predicted molar refractivity (Wildman–Crippen MR) is 54.8 cm³/mol. The fourth-order valence-corrected chi connectivity index (χ4v) is 1.61. The van der Waals surface area contributed by atoms with Crippen LogP contribution in [0.2, 0.25) is 0 Å². The van der Waals surface area contributed by atoms with E-state index >= 15 is 0 Å². The van der Waals surface area contributed by atoms with Crippen LogP contribution in [0.25, 0.3) is 0 Å². The van der Waals surface area contributed by atoms with Gasteiger partial charge in [0.25, 0.3) is 0 Å². The van der Waals surface area contributed by atoms with Crippen LogP contribution in [0.4, 0.5) is 0 Å². The van der Waals surface area contributed by atoms with E-state index in [-0.39, 0.29) is 11.5 Å². The summed E-state index contributed by atoms with van der Waals surface area (Å²) in [6.45, 7) is 0.576. The Morgan fingerprint density at radius 1 is 1.31 bits per heavy atom. The van der Waals surface area contributed by atoms with Crippen LogP contribution in [0.15, 0.2) is 16.6 Å². The number of rotatable bonds is 3. The second kappa shape index (κ2) is 4.48. The molecule has 0 bridgehead atoms. The van der Waals surface area contributed by atoms with Crippen LogP contribution >= 0.6 is 15.9 Å². The molecule has 0 amide bonds. The van der Waals surface area contributed by atoms with Gasteiger partial charge in [0.05, 0.1) is 4.47 Å². The summed E-state index contributed by atoms with van der Waals surface area (Å²) in [7, 11) is 0. The fourth-order valence-electron chi connectivity index (χ4n) is 1.12. The molecular weight excluding hydrogens is 234 g/mol. The van der Waals surface area contributed by atoms with E-state index < -0.39 is 0 Å². The Labute approximate surface area is 85.3 Å². The van der Waals surface area contributed by atoms with Crippen LogP contribution in [0.3, 0.4) is 0 Å². The highest BCUT2D eigenvalue weighted by Crippen LogP contribution is 2.32. The summed E-state index contributed by atoms with van der Waals surface area (Å²) in [6.07, 6.45) is 1.47. The molecule has 3 nitrogen and oxygen atoms in total. The summed E-state index contributed by atoms with van der Waals surface area (Å²) in [5.41, 5.74) is 6.07. The number of hydrogen-bond acceptors (Lipinski definition) is 3. The van der Waals surface area contributed by atoms with Gasteiger partial charge in [-0.25, -0.2) is 0 Å². The van der Waals surface area contributed by atoms with Crippen LogP contribution in [0, 0.1) is 0 Å². The molecule has 4 heteroatoms. The minimum atomic E-state index is 0.150. The molecule has 1 aromatic carbocycles. The highest BCUT2D eigenvalue weighted by Gasteiger charge is 2.06. The molecule has 0 aliphatic rings. The lowest BCUT2D eigenvalue weighted by Crippen LogP contribution is -2.00. The minimum Gasteiger partial charge on any atom is -0.508 e. The molecule has 0 saturated heterocycles. The van der Waals surface area contributed by atoms with Crippen LogP contribution in [0.5, 0.6) is 11.5 Å². The van der Waals surface area contributed by atoms with Crippen molar-refractivity contribution in [1.29, 1.82) is 0 Å². The molecule has 0 heterocycles. The topological polar surface area (TPSA) is 66.5 Å². The summed E-state index contributed by atoms with van der Waals surface area (Å²) in [6, 6.07) is 3.01. The van der Waals surface area contributed by atoms with Gasteiger partial charge in [-0.05, 0) is 53.0 Å². The summed E-state index contributed by atoms with van der Waals surface area (Å²) in [5.74, 6) is 0.336. The SMILES string of the molecule is NCCCc1cc(O)cc(Br)c1O. The Morgan fingerprint density at radius 3 is 2.62 bits per heavy atom. The van der Waals surface area contributed by atoms with Crippen molar-refractivity contribution in [2.45, 2.75) is 12.8 Å². The molecule has 0 fully saturated rings. The Hall–Kier alpha value is -0.740. The number of halogens is 1. The number of aryl methyl sites for hydroxylation is 1. The van der Waals surface area contributed by atoms with Gasteiger partial charge in [0.1, 0.15) is 11.5 Å². The van der Waals surface area contributed by atoms with E-state index in [9.17, 15) is 10.2 Å². The van der Waals surface area contributed by atoms with E-state index in [2.05, 4.69) is 15.9 Å². The van der Waals surface area contributed by atoms with Gasteiger partial charge in [-0.3, -0.25) is 0 Å². The van der Waals surface area contributed by atoms with Crippen molar-refractivity contribution in [3.63, 3.8) is 0 Å². The van der Waals surface area contributed by atoms with Gasteiger partial charge in [-0.1, -0.05) is 0 Å². The van der Waals surface area contributed by atoms with E-state index in [0.29, 0.717) is 17.4 Å². The maximum absolute atomic E-state index is 9.55. The van der Waals surface area contributed by atoms with Crippen molar-refractivity contribution < 1.29 is 10.2 Å². The predicted octanol–water partition coefficient (Wildman–Crippen LogP) is 1.75. The summed E-state index contributed by atoms with van der Waals surface area (Å²) in [5, 5.41) is 18.8. The van der Waals surface area contributed by atoms with Gasteiger partial charge in [0.15, 0.2) is 0 Å². The summed E-state index contributed by atoms with van der Waals surface area (Å²) < 4.78 is 0.513. The van der Waals surface area contributed by atoms with E-state index in [1.165, 1.54) is 6.07 Å². The molecule has 0 atom stereocenters. The van der Waals surface area contributed by atoms with Crippen molar-refractivity contribution >= 4 is 15.9 Å². The first-order chi connectivity index (χ1) is 6.15. The lowest BCUT2D eigenvalue weighted by atomic mass is 10.1. The maximum Gasteiger partial charge on any atom is 0.133 e. The van der Waals surface area contributed by atoms with Gasteiger partial charge in [-0.2, -0.15) is 0 Å². The average Bonchev–Trinajstić information content (AvgIpc) is 2.09. The third-order valence-electron chi connectivity index (χ3n) is 1.78. The fraction of sp³-hybridized carbons (Fsp3) is 0.333. The highest BCUT2D eigenvalue weighted by atomic mass is 79.9. The van der Waals surface area contributed by atoms with E-state index in [0.717, 1.165) is 12.0 Å². The van der Waals surface area contributed by atoms with Crippen LogP contribution < -0.4 is 5.73 Å². The summed E-state index contributed by atoms with van der Waals surface area (Å²) >= 11 is 3.15. The van der Waals surface area contributed by atoms with Gasteiger partial charge >= 0.3 is 0 Å². The molecule has 0 radical (unpaired) electrons. The Bertz CT molecular complexity index is 302. The number of phenols is 2. The van der Waals surface area contributed by atoms with Crippen molar-refractivity contribution in [3.8, 4) is 11.5 Å². The number of nitrogens with two attached hydrogens (primary N) is 1. The quantitative estimate of drug-likeness (QED) is 0.712. The van der Waals surface area contributed by atoms with Crippen molar-refractivity contribution in [3.05, 3.63) is 22.2 Å². The minimum absolute atomic E-state index is 0.150. The molecule has 1 aromatic rings. The van der Waals surface area contributed by atoms with Gasteiger partial charge in [0.2, 0.25) is 0 Å². The molecule has 0 aromatic heterocycles. The first kappa shape index (κ1) is 10.3. The first-order valence-electron chi connectivity index (χ1n) is 4.05. The van der Waals surface area contributed by atoms with Gasteiger partial charge < -0.3 is 15.9 Å². The average molecular weight is 246 g/mol. The Kier molecular flexibility index (Phi) is 3.57.